The van der Waals surface area contributed by atoms with Crippen LogP contribution in [0.4, 0.5) is 15.8 Å². The maximum absolute atomic E-state index is 12.3. The van der Waals surface area contributed by atoms with Gasteiger partial charge in [-0.05, 0) is 20.8 Å². The van der Waals surface area contributed by atoms with Crippen LogP contribution in [0.1, 0.15) is 27.6 Å². The molecule has 3 heterocycles. The Balaban J connectivity index is 1.81. The minimum absolute atomic E-state index is 0.301. The topological polar surface area (TPSA) is 92.9 Å². The predicted molar refractivity (Wildman–Crippen MR) is 86.2 cm³/mol. The number of nitrogens with zero attached hydrogens (tertiary/aromatic N) is 3. The van der Waals surface area contributed by atoms with E-state index in [1.54, 1.807) is 5.51 Å². The van der Waals surface area contributed by atoms with Gasteiger partial charge in [-0.1, -0.05) is 5.16 Å². The number of hydrogen-bond acceptors (Lipinski definition) is 8. The first kappa shape index (κ1) is 14.7. The molecule has 3 aromatic rings. The highest BCUT2D eigenvalue weighted by atomic mass is 32.1. The Morgan fingerprint density at radius 1 is 1.27 bits per heavy atom. The standard InChI is InChI=1S/C13H13N5O2S2/c1-6-4-21-13(15-6)17-11(19)10-12(22-5-14-10)16-9-7(2)18-20-8(9)3/h4-5,16H,1-3H3,(H,15,17,19). The minimum atomic E-state index is -0.301. The molecular weight excluding hydrogens is 322 g/mol. The second kappa shape index (κ2) is 5.85. The molecular formula is C13H13N5O2S2. The van der Waals surface area contributed by atoms with Crippen LogP contribution in [-0.2, 0) is 0 Å². The molecule has 1 amide bonds. The predicted octanol–water partition coefficient (Wildman–Crippen LogP) is 3.51. The number of anilines is 3. The first-order chi connectivity index (χ1) is 10.5. The molecule has 0 spiro atoms. The summed E-state index contributed by atoms with van der Waals surface area (Å²) in [5.41, 5.74) is 4.28. The number of hydrogen-bond donors (Lipinski definition) is 2. The Morgan fingerprint density at radius 2 is 2.09 bits per heavy atom. The van der Waals surface area contributed by atoms with Gasteiger partial charge in [0.25, 0.3) is 5.91 Å². The molecule has 22 heavy (non-hydrogen) atoms. The molecule has 3 aromatic heterocycles. The normalized spacial score (nSPS) is 10.7. The molecule has 0 aliphatic rings. The SMILES string of the molecule is Cc1csc(NC(=O)c2ncsc2Nc2c(C)noc2C)n1. The number of aromatic nitrogens is 3. The Morgan fingerprint density at radius 3 is 2.73 bits per heavy atom. The van der Waals surface area contributed by atoms with Gasteiger partial charge in [-0.3, -0.25) is 10.1 Å². The van der Waals surface area contributed by atoms with E-state index in [1.807, 2.05) is 26.2 Å². The van der Waals surface area contributed by atoms with Crippen LogP contribution in [0.5, 0.6) is 0 Å². The lowest BCUT2D eigenvalue weighted by molar-refractivity contribution is 0.102. The summed E-state index contributed by atoms with van der Waals surface area (Å²) >= 11 is 2.72. The van der Waals surface area contributed by atoms with Crippen LogP contribution in [0.25, 0.3) is 0 Å². The zero-order valence-electron chi connectivity index (χ0n) is 12.1. The maximum Gasteiger partial charge on any atom is 0.279 e. The number of rotatable bonds is 4. The minimum Gasteiger partial charge on any atom is -0.359 e. The molecule has 0 atom stereocenters. The fourth-order valence-corrected chi connectivity index (χ4v) is 3.20. The smallest absolute Gasteiger partial charge is 0.279 e. The molecule has 0 unspecified atom stereocenters. The van der Waals surface area contributed by atoms with Crippen LogP contribution in [-0.4, -0.2) is 21.0 Å². The van der Waals surface area contributed by atoms with E-state index in [0.29, 0.717) is 21.6 Å². The molecule has 114 valence electrons. The number of thiazole rings is 2. The van der Waals surface area contributed by atoms with Gasteiger partial charge in [0, 0.05) is 5.38 Å². The van der Waals surface area contributed by atoms with Crippen molar-refractivity contribution in [3.8, 4) is 0 Å². The average Bonchev–Trinajstić information content (AvgIpc) is 3.17. The molecule has 3 rings (SSSR count). The number of carbonyl (C=O) groups excluding carboxylic acids is 1. The molecule has 0 aliphatic carbocycles. The van der Waals surface area contributed by atoms with E-state index in [1.165, 1.54) is 22.7 Å². The first-order valence-electron chi connectivity index (χ1n) is 6.41. The fourth-order valence-electron chi connectivity index (χ4n) is 1.84. The Kier molecular flexibility index (Phi) is 3.90. The molecule has 0 fully saturated rings. The van der Waals surface area contributed by atoms with E-state index in [9.17, 15) is 4.79 Å². The van der Waals surface area contributed by atoms with Gasteiger partial charge in [-0.2, -0.15) is 0 Å². The maximum atomic E-state index is 12.3. The Labute approximate surface area is 134 Å². The van der Waals surface area contributed by atoms with Gasteiger partial charge in [0.2, 0.25) is 0 Å². The molecule has 0 saturated carbocycles. The summed E-state index contributed by atoms with van der Waals surface area (Å²) in [6.45, 7) is 5.51. The van der Waals surface area contributed by atoms with Gasteiger partial charge in [0.15, 0.2) is 16.6 Å². The molecule has 0 radical (unpaired) electrons. The van der Waals surface area contributed by atoms with E-state index in [2.05, 4.69) is 25.8 Å². The number of amides is 1. The summed E-state index contributed by atoms with van der Waals surface area (Å²) in [6, 6.07) is 0. The van der Waals surface area contributed by atoms with Crippen LogP contribution in [0, 0.1) is 20.8 Å². The van der Waals surface area contributed by atoms with Crippen LogP contribution in [0.3, 0.4) is 0 Å². The second-order valence-electron chi connectivity index (χ2n) is 4.60. The first-order valence-corrected chi connectivity index (χ1v) is 8.17. The van der Waals surface area contributed by atoms with Gasteiger partial charge in [0.1, 0.15) is 16.4 Å². The van der Waals surface area contributed by atoms with E-state index in [4.69, 9.17) is 4.52 Å². The highest BCUT2D eigenvalue weighted by Crippen LogP contribution is 2.29. The Bertz CT molecular complexity index is 801. The highest BCUT2D eigenvalue weighted by Gasteiger charge is 2.19. The van der Waals surface area contributed by atoms with Crippen molar-refractivity contribution >= 4 is 44.4 Å². The van der Waals surface area contributed by atoms with Gasteiger partial charge < -0.3 is 9.84 Å². The van der Waals surface area contributed by atoms with Gasteiger partial charge >= 0.3 is 0 Å². The zero-order chi connectivity index (χ0) is 15.7. The summed E-state index contributed by atoms with van der Waals surface area (Å²) in [4.78, 5) is 20.7. The average molecular weight is 335 g/mol. The van der Waals surface area contributed by atoms with E-state index >= 15 is 0 Å². The highest BCUT2D eigenvalue weighted by molar-refractivity contribution is 7.14. The molecule has 0 aromatic carbocycles. The number of nitrogens with one attached hydrogen (secondary N) is 2. The van der Waals surface area contributed by atoms with Crippen LogP contribution >= 0.6 is 22.7 Å². The monoisotopic (exact) mass is 335 g/mol. The third-order valence-corrected chi connectivity index (χ3v) is 4.51. The number of carbonyl (C=O) groups is 1. The lowest BCUT2D eigenvalue weighted by atomic mass is 10.3. The summed E-state index contributed by atoms with van der Waals surface area (Å²) in [7, 11) is 0. The summed E-state index contributed by atoms with van der Waals surface area (Å²) in [6.07, 6.45) is 0. The number of aryl methyl sites for hydroxylation is 3. The lowest BCUT2D eigenvalue weighted by Gasteiger charge is -2.05. The largest absolute Gasteiger partial charge is 0.359 e. The fraction of sp³-hybridized carbons (Fsp3) is 0.231. The quantitative estimate of drug-likeness (QED) is 0.758. The van der Waals surface area contributed by atoms with Gasteiger partial charge in [-0.25, -0.2) is 9.97 Å². The van der Waals surface area contributed by atoms with Crippen LogP contribution < -0.4 is 10.6 Å². The van der Waals surface area contributed by atoms with Crippen molar-refractivity contribution < 1.29 is 9.32 Å². The zero-order valence-corrected chi connectivity index (χ0v) is 13.8. The molecule has 2 N–H and O–H groups in total. The second-order valence-corrected chi connectivity index (χ2v) is 6.32. The molecule has 0 bridgehead atoms. The van der Waals surface area contributed by atoms with Crippen molar-refractivity contribution in [3.05, 3.63) is 33.7 Å². The third-order valence-electron chi connectivity index (χ3n) is 2.89. The van der Waals surface area contributed by atoms with Crippen molar-refractivity contribution in [2.75, 3.05) is 10.6 Å². The van der Waals surface area contributed by atoms with Crippen molar-refractivity contribution in [2.24, 2.45) is 0 Å². The Hall–Kier alpha value is -2.26. The van der Waals surface area contributed by atoms with Crippen LogP contribution in [0.15, 0.2) is 15.4 Å². The molecule has 0 saturated heterocycles. The van der Waals surface area contributed by atoms with Gasteiger partial charge in [-0.15, -0.1) is 22.7 Å². The molecule has 7 nitrogen and oxygen atoms in total. The van der Waals surface area contributed by atoms with Crippen LogP contribution in [0.2, 0.25) is 0 Å². The van der Waals surface area contributed by atoms with Gasteiger partial charge in [0.05, 0.1) is 11.2 Å². The summed E-state index contributed by atoms with van der Waals surface area (Å²) < 4.78 is 5.11. The van der Waals surface area contributed by atoms with Crippen molar-refractivity contribution in [1.29, 1.82) is 0 Å². The third kappa shape index (κ3) is 2.85. The van der Waals surface area contributed by atoms with E-state index < -0.39 is 0 Å². The van der Waals surface area contributed by atoms with E-state index in [-0.39, 0.29) is 5.91 Å². The summed E-state index contributed by atoms with van der Waals surface area (Å²) in [5.74, 6) is 0.359. The van der Waals surface area contributed by atoms with E-state index in [0.717, 1.165) is 17.1 Å². The molecule has 9 heteroatoms. The molecule has 0 aliphatic heterocycles. The van der Waals surface area contributed by atoms with Crippen molar-refractivity contribution in [1.82, 2.24) is 15.1 Å². The lowest BCUT2D eigenvalue weighted by Crippen LogP contribution is -2.13. The van der Waals surface area contributed by atoms with Crippen molar-refractivity contribution in [2.45, 2.75) is 20.8 Å². The van der Waals surface area contributed by atoms with Crippen molar-refractivity contribution in [3.63, 3.8) is 0 Å². The summed E-state index contributed by atoms with van der Waals surface area (Å²) in [5, 5.41) is 12.9.